The number of carbonyl (C=O) groups excluding carboxylic acids is 1. The summed E-state index contributed by atoms with van der Waals surface area (Å²) in [7, 11) is 1.92. The highest BCUT2D eigenvalue weighted by Gasteiger charge is 2.18. The van der Waals surface area contributed by atoms with E-state index in [1.54, 1.807) is 6.07 Å². The Morgan fingerprint density at radius 1 is 1.33 bits per heavy atom. The molecule has 6 nitrogen and oxygen atoms in total. The van der Waals surface area contributed by atoms with E-state index in [9.17, 15) is 9.59 Å². The molecule has 1 amide bonds. The van der Waals surface area contributed by atoms with Gasteiger partial charge >= 0.3 is 0 Å². The molecule has 6 heteroatoms. The van der Waals surface area contributed by atoms with E-state index in [4.69, 9.17) is 0 Å². The van der Waals surface area contributed by atoms with E-state index in [-0.39, 0.29) is 23.6 Å². The summed E-state index contributed by atoms with van der Waals surface area (Å²) in [5.41, 5.74) is 3.79. The molecule has 2 aromatic heterocycles. The molecule has 24 heavy (non-hydrogen) atoms. The van der Waals surface area contributed by atoms with Crippen LogP contribution < -0.4 is 10.9 Å². The number of H-pyrrole nitrogens is 1. The number of hydrogen-bond donors (Lipinski definition) is 2. The predicted molar refractivity (Wildman–Crippen MR) is 91.0 cm³/mol. The first-order valence-corrected chi connectivity index (χ1v) is 8.07. The zero-order valence-electron chi connectivity index (χ0n) is 13.4. The summed E-state index contributed by atoms with van der Waals surface area (Å²) in [5, 5.41) is 2.81. The van der Waals surface area contributed by atoms with Gasteiger partial charge in [-0.25, -0.2) is 4.98 Å². The van der Waals surface area contributed by atoms with Crippen LogP contribution in [0.3, 0.4) is 0 Å². The summed E-state index contributed by atoms with van der Waals surface area (Å²) >= 11 is 0. The highest BCUT2D eigenvalue weighted by molar-refractivity contribution is 5.94. The van der Waals surface area contributed by atoms with Crippen molar-refractivity contribution in [3.05, 3.63) is 63.3 Å². The summed E-state index contributed by atoms with van der Waals surface area (Å²) in [6.07, 6.45) is 2.82. The molecule has 1 aliphatic carbocycles. The van der Waals surface area contributed by atoms with Crippen LogP contribution >= 0.6 is 0 Å². The lowest BCUT2D eigenvalue weighted by Crippen LogP contribution is -2.30. The van der Waals surface area contributed by atoms with Crippen molar-refractivity contribution in [3.8, 4) is 0 Å². The van der Waals surface area contributed by atoms with Crippen LogP contribution in [-0.2, 0) is 26.4 Å². The fraction of sp³-hybridized carbons (Fsp3) is 0.278. The third-order valence-corrected chi connectivity index (χ3v) is 4.62. The first-order valence-electron chi connectivity index (χ1n) is 8.07. The van der Waals surface area contributed by atoms with Gasteiger partial charge in [-0.1, -0.05) is 12.1 Å². The quantitative estimate of drug-likeness (QED) is 0.770. The Morgan fingerprint density at radius 3 is 3.00 bits per heavy atom. The summed E-state index contributed by atoms with van der Waals surface area (Å²) in [4.78, 5) is 31.9. The molecule has 2 heterocycles. The number of hydrogen-bond acceptors (Lipinski definition) is 3. The molecule has 0 saturated heterocycles. The average Bonchev–Trinajstić information content (AvgIpc) is 3.16. The predicted octanol–water partition coefficient (Wildman–Crippen LogP) is 1.68. The molecule has 0 fully saturated rings. The molecule has 0 spiro atoms. The highest BCUT2D eigenvalue weighted by Crippen LogP contribution is 2.19. The van der Waals surface area contributed by atoms with Crippen LogP contribution in [0, 0.1) is 0 Å². The smallest absolute Gasteiger partial charge is 0.261 e. The van der Waals surface area contributed by atoms with E-state index in [0.29, 0.717) is 0 Å². The minimum absolute atomic E-state index is 0.175. The second kappa shape index (κ2) is 5.63. The number of benzene rings is 1. The molecule has 4 rings (SSSR count). The maximum Gasteiger partial charge on any atom is 0.261 e. The number of aromatic amines is 1. The maximum atomic E-state index is 12.4. The van der Waals surface area contributed by atoms with E-state index in [1.807, 2.05) is 35.9 Å². The van der Waals surface area contributed by atoms with Crippen LogP contribution in [0.4, 0.5) is 0 Å². The van der Waals surface area contributed by atoms with E-state index in [0.717, 1.165) is 47.4 Å². The van der Waals surface area contributed by atoms with Crippen LogP contribution in [-0.4, -0.2) is 20.4 Å². The molecule has 3 aromatic rings. The molecule has 0 unspecified atom stereocenters. The summed E-state index contributed by atoms with van der Waals surface area (Å²) in [5.74, 6) is 0.389. The molecule has 0 aliphatic heterocycles. The summed E-state index contributed by atoms with van der Waals surface area (Å²) < 4.78 is 1.95. The van der Waals surface area contributed by atoms with E-state index < -0.39 is 0 Å². The molecular formula is C18H18N4O2. The van der Waals surface area contributed by atoms with Crippen molar-refractivity contribution in [1.82, 2.24) is 19.9 Å². The first-order chi connectivity index (χ1) is 11.6. The summed E-state index contributed by atoms with van der Waals surface area (Å²) in [6.45, 7) is 0.278. The van der Waals surface area contributed by atoms with Crippen molar-refractivity contribution in [2.45, 2.75) is 25.8 Å². The normalized spacial score (nSPS) is 13.2. The number of aryl methyl sites for hydroxylation is 3. The molecule has 1 aliphatic rings. The topological polar surface area (TPSA) is 79.8 Å². The largest absolute Gasteiger partial charge is 0.345 e. The van der Waals surface area contributed by atoms with Crippen LogP contribution in [0.15, 0.2) is 35.1 Å². The molecule has 1 aromatic carbocycles. The number of rotatable bonds is 3. The molecule has 0 saturated carbocycles. The van der Waals surface area contributed by atoms with Crippen molar-refractivity contribution in [2.75, 3.05) is 0 Å². The second-order valence-corrected chi connectivity index (χ2v) is 6.13. The van der Waals surface area contributed by atoms with Crippen LogP contribution in [0.5, 0.6) is 0 Å². The minimum Gasteiger partial charge on any atom is -0.345 e. The number of nitrogens with one attached hydrogen (secondary N) is 2. The van der Waals surface area contributed by atoms with Gasteiger partial charge < -0.3 is 14.9 Å². The number of nitrogens with zero attached hydrogens (tertiary/aromatic N) is 2. The number of pyridine rings is 1. The molecule has 0 bridgehead atoms. The second-order valence-electron chi connectivity index (χ2n) is 6.13. The van der Waals surface area contributed by atoms with Gasteiger partial charge in [0, 0.05) is 12.7 Å². The number of carbonyl (C=O) groups is 1. The average molecular weight is 322 g/mol. The van der Waals surface area contributed by atoms with Gasteiger partial charge in [0.25, 0.3) is 11.5 Å². The number of fused-ring (bicyclic) bond motifs is 2. The van der Waals surface area contributed by atoms with Crippen molar-refractivity contribution in [2.24, 2.45) is 7.05 Å². The minimum atomic E-state index is -0.363. The van der Waals surface area contributed by atoms with Gasteiger partial charge in [0.1, 0.15) is 11.4 Å². The first kappa shape index (κ1) is 14.7. The molecule has 122 valence electrons. The van der Waals surface area contributed by atoms with Crippen LogP contribution in [0.2, 0.25) is 0 Å². The van der Waals surface area contributed by atoms with Crippen LogP contribution in [0.25, 0.3) is 11.0 Å². The highest BCUT2D eigenvalue weighted by atomic mass is 16.2. The Labute approximate surface area is 138 Å². The molecule has 0 atom stereocenters. The number of aromatic nitrogens is 3. The van der Waals surface area contributed by atoms with Crippen molar-refractivity contribution in [3.63, 3.8) is 0 Å². The van der Waals surface area contributed by atoms with E-state index in [2.05, 4.69) is 15.3 Å². The Kier molecular flexibility index (Phi) is 3.45. The Bertz CT molecular complexity index is 1000. The number of amides is 1. The third-order valence-electron chi connectivity index (χ3n) is 4.62. The van der Waals surface area contributed by atoms with Gasteiger partial charge in [-0.3, -0.25) is 9.59 Å². The van der Waals surface area contributed by atoms with Crippen molar-refractivity contribution < 1.29 is 4.79 Å². The standard InChI is InChI=1S/C18H18N4O2/c1-22-15-8-3-2-6-14(15)20-16(22)10-19-17(23)12-9-11-5-4-7-13(11)21-18(12)24/h2-3,6,8-9H,4-5,7,10H2,1H3,(H,19,23)(H,21,24). The molecular weight excluding hydrogens is 304 g/mol. The fourth-order valence-electron chi connectivity index (χ4n) is 3.29. The van der Waals surface area contributed by atoms with Crippen LogP contribution in [0.1, 0.15) is 33.9 Å². The molecule has 0 radical (unpaired) electrons. The van der Waals surface area contributed by atoms with Gasteiger partial charge in [-0.2, -0.15) is 0 Å². The lowest BCUT2D eigenvalue weighted by atomic mass is 10.1. The Morgan fingerprint density at radius 2 is 2.17 bits per heavy atom. The SMILES string of the molecule is Cn1c(CNC(=O)c2cc3c([nH]c2=O)CCC3)nc2ccccc21. The number of para-hydroxylation sites is 2. The molecule has 2 N–H and O–H groups in total. The third kappa shape index (κ3) is 2.40. The lowest BCUT2D eigenvalue weighted by Gasteiger charge is -2.07. The fourth-order valence-corrected chi connectivity index (χ4v) is 3.29. The van der Waals surface area contributed by atoms with Gasteiger partial charge in [0.2, 0.25) is 0 Å². The van der Waals surface area contributed by atoms with Gasteiger partial charge in [-0.15, -0.1) is 0 Å². The van der Waals surface area contributed by atoms with Gasteiger partial charge in [0.15, 0.2) is 0 Å². The van der Waals surface area contributed by atoms with E-state index >= 15 is 0 Å². The number of imidazole rings is 1. The van der Waals surface area contributed by atoms with E-state index in [1.165, 1.54) is 0 Å². The zero-order valence-corrected chi connectivity index (χ0v) is 13.4. The Hall–Kier alpha value is -2.89. The van der Waals surface area contributed by atoms with Gasteiger partial charge in [-0.05, 0) is 43.0 Å². The maximum absolute atomic E-state index is 12.4. The van der Waals surface area contributed by atoms with Crippen molar-refractivity contribution >= 4 is 16.9 Å². The Balaban J connectivity index is 1.56. The lowest BCUT2D eigenvalue weighted by molar-refractivity contribution is 0.0948. The zero-order chi connectivity index (χ0) is 16.7. The van der Waals surface area contributed by atoms with Gasteiger partial charge in [0.05, 0.1) is 17.6 Å². The summed E-state index contributed by atoms with van der Waals surface area (Å²) in [6, 6.07) is 9.54. The monoisotopic (exact) mass is 322 g/mol. The van der Waals surface area contributed by atoms with Crippen molar-refractivity contribution in [1.29, 1.82) is 0 Å².